The lowest BCUT2D eigenvalue weighted by Crippen LogP contribution is -2.61. The highest BCUT2D eigenvalue weighted by atomic mass is 16.4. The molecule has 64 heavy (non-hydrogen) atoms. The molecule has 0 fully saturated rings. The Morgan fingerprint density at radius 2 is 1.08 bits per heavy atom. The van der Waals surface area contributed by atoms with Gasteiger partial charge in [-0.1, -0.05) is 70.2 Å². The van der Waals surface area contributed by atoms with Crippen LogP contribution >= 0.6 is 0 Å². The maximum atomic E-state index is 14.2. The van der Waals surface area contributed by atoms with Crippen LogP contribution in [0, 0.1) is 11.8 Å². The van der Waals surface area contributed by atoms with Crippen molar-refractivity contribution in [3.63, 3.8) is 0 Å². The van der Waals surface area contributed by atoms with Crippen LogP contribution in [-0.2, 0) is 56.0 Å². The fourth-order valence-corrected chi connectivity index (χ4v) is 6.43. The molecule has 2 rings (SSSR count). The van der Waals surface area contributed by atoms with Crippen molar-refractivity contribution in [1.82, 2.24) is 31.9 Å². The minimum absolute atomic E-state index is 0.0449. The van der Waals surface area contributed by atoms with Crippen molar-refractivity contribution >= 4 is 53.2 Å². The van der Waals surface area contributed by atoms with Gasteiger partial charge in [-0.2, -0.15) is 0 Å². The number of phenolic OH excluding ortho intramolecular Hbond substituents is 1. The third-order valence-corrected chi connectivity index (χ3v) is 9.89. The van der Waals surface area contributed by atoms with E-state index in [0.717, 1.165) is 5.56 Å². The average Bonchev–Trinajstić information content (AvgIpc) is 3.22. The van der Waals surface area contributed by atoms with E-state index in [1.54, 1.807) is 58.0 Å². The minimum Gasteiger partial charge on any atom is -0.508 e. The second-order valence-corrected chi connectivity index (χ2v) is 16.3. The number of nitrogens with two attached hydrogens (primary N) is 4. The molecule has 8 amide bonds. The Morgan fingerprint density at radius 3 is 1.61 bits per heavy atom. The van der Waals surface area contributed by atoms with E-state index in [9.17, 15) is 53.4 Å². The summed E-state index contributed by atoms with van der Waals surface area (Å²) < 4.78 is 0. The molecule has 0 heterocycles. The number of nitrogens with one attached hydrogen (secondary N) is 6. The van der Waals surface area contributed by atoms with E-state index in [0.29, 0.717) is 5.56 Å². The number of rotatable bonds is 28. The molecule has 0 aliphatic rings. The van der Waals surface area contributed by atoms with E-state index in [1.807, 2.05) is 0 Å². The first-order valence-corrected chi connectivity index (χ1v) is 21.0. The standard InChI is InChI=1S/C43H64N10O11/c1-23(2)19-33(43(63)64)52-38(58)29(11-8-18-44)49-42(62)36(24(3)4)53-41(61)31(21-26-12-14-27(54)15-13-26)51-39(59)30(16-17-34(46)55)48-40(60)32(22-35(47)56)50-37(57)28(45)20-25-9-6-5-7-10-25/h5-7,9-10,12-15,23-24,28-33,36,54H,8,11,16-22,44-45H2,1-4H3,(H2,46,55)(H2,47,56)(H,48,60)(H,49,62)(H,50,57)(H,51,59)(H,52,58)(H,53,61)(H,63,64)/t28-,29-,30-,31-,32-,33-,36-/m0/s1. The highest BCUT2D eigenvalue weighted by Crippen LogP contribution is 2.14. The third kappa shape index (κ3) is 19.2. The average molecular weight is 897 g/mol. The zero-order valence-electron chi connectivity index (χ0n) is 36.6. The van der Waals surface area contributed by atoms with Crippen molar-refractivity contribution in [2.24, 2.45) is 34.8 Å². The molecule has 21 heteroatoms. The number of hydrogen-bond acceptors (Lipinski definition) is 12. The van der Waals surface area contributed by atoms with Crippen LogP contribution in [0.2, 0.25) is 0 Å². The van der Waals surface area contributed by atoms with Gasteiger partial charge in [0.15, 0.2) is 0 Å². The van der Waals surface area contributed by atoms with Crippen LogP contribution in [0.15, 0.2) is 54.6 Å². The second-order valence-electron chi connectivity index (χ2n) is 16.3. The monoisotopic (exact) mass is 896 g/mol. The summed E-state index contributed by atoms with van der Waals surface area (Å²) in [5.74, 6) is -9.19. The number of aliphatic carboxylic acids is 1. The molecule has 7 atom stereocenters. The summed E-state index contributed by atoms with van der Waals surface area (Å²) in [6.45, 7) is 6.95. The van der Waals surface area contributed by atoms with E-state index in [-0.39, 0.29) is 50.3 Å². The molecule has 0 aliphatic carbocycles. The van der Waals surface area contributed by atoms with Crippen LogP contribution in [0.25, 0.3) is 0 Å². The molecule has 2 aromatic rings. The molecule has 2 aromatic carbocycles. The fourth-order valence-electron chi connectivity index (χ4n) is 6.43. The van der Waals surface area contributed by atoms with Gasteiger partial charge in [-0.05, 0) is 73.7 Å². The zero-order chi connectivity index (χ0) is 48.1. The lowest BCUT2D eigenvalue weighted by atomic mass is 9.99. The van der Waals surface area contributed by atoms with Crippen LogP contribution < -0.4 is 54.8 Å². The van der Waals surface area contributed by atoms with Gasteiger partial charge in [-0.3, -0.25) is 38.4 Å². The quantitative estimate of drug-likeness (QED) is 0.0444. The Bertz CT molecular complexity index is 1910. The molecule has 0 aliphatic heterocycles. The van der Waals surface area contributed by atoms with Crippen LogP contribution in [0.3, 0.4) is 0 Å². The number of carboxylic acid groups (broad SMARTS) is 1. The Labute approximate surface area is 372 Å². The van der Waals surface area contributed by atoms with Crippen molar-refractivity contribution in [3.8, 4) is 5.75 Å². The first-order valence-electron chi connectivity index (χ1n) is 21.0. The van der Waals surface area contributed by atoms with Gasteiger partial charge in [-0.25, -0.2) is 4.79 Å². The number of aromatic hydroxyl groups is 1. The Balaban J connectivity index is 2.41. The lowest BCUT2D eigenvalue weighted by Gasteiger charge is -2.29. The SMILES string of the molecule is CC(C)C[C@H](NC(=O)[C@H](CCCN)NC(=O)[C@@H](NC(=O)[C@H](Cc1ccc(O)cc1)NC(=O)[C@H](CCC(N)=O)NC(=O)[C@H](CC(N)=O)NC(=O)[C@@H](N)Cc1ccccc1)C(C)C)C(=O)O. The first kappa shape index (κ1) is 53.5. The summed E-state index contributed by atoms with van der Waals surface area (Å²) >= 11 is 0. The molecule has 0 aromatic heterocycles. The van der Waals surface area contributed by atoms with Gasteiger partial charge < -0.3 is 65.0 Å². The van der Waals surface area contributed by atoms with E-state index in [4.69, 9.17) is 22.9 Å². The third-order valence-electron chi connectivity index (χ3n) is 9.89. The summed E-state index contributed by atoms with van der Waals surface area (Å²) in [6.07, 6.45) is -1.21. The van der Waals surface area contributed by atoms with Crippen molar-refractivity contribution in [2.45, 2.75) is 121 Å². The highest BCUT2D eigenvalue weighted by molar-refractivity contribution is 5.98. The number of primary amides is 2. The molecular formula is C43H64N10O11. The van der Waals surface area contributed by atoms with Gasteiger partial charge in [0.1, 0.15) is 42.0 Å². The van der Waals surface area contributed by atoms with E-state index < -0.39 is 121 Å². The number of amides is 8. The smallest absolute Gasteiger partial charge is 0.326 e. The van der Waals surface area contributed by atoms with Crippen LogP contribution in [0.5, 0.6) is 5.75 Å². The fraction of sp³-hybridized carbons (Fsp3) is 0.512. The van der Waals surface area contributed by atoms with Crippen molar-refractivity contribution in [3.05, 3.63) is 65.7 Å². The van der Waals surface area contributed by atoms with Gasteiger partial charge in [0, 0.05) is 12.8 Å². The van der Waals surface area contributed by atoms with Gasteiger partial charge in [0.05, 0.1) is 12.5 Å². The van der Waals surface area contributed by atoms with Crippen LogP contribution in [-0.4, -0.2) is 112 Å². The number of carboxylic acids is 1. The highest BCUT2D eigenvalue weighted by Gasteiger charge is 2.35. The number of hydrogen-bond donors (Lipinski definition) is 12. The maximum absolute atomic E-state index is 14.2. The lowest BCUT2D eigenvalue weighted by molar-refractivity contribution is -0.143. The van der Waals surface area contributed by atoms with Crippen molar-refractivity contribution in [2.75, 3.05) is 6.54 Å². The van der Waals surface area contributed by atoms with Gasteiger partial charge >= 0.3 is 5.97 Å². The number of carbonyl (C=O) groups is 9. The molecular weight excluding hydrogens is 833 g/mol. The topological polar surface area (TPSA) is 370 Å². The number of carbonyl (C=O) groups excluding carboxylic acids is 8. The molecule has 0 spiro atoms. The van der Waals surface area contributed by atoms with E-state index in [2.05, 4.69) is 31.9 Å². The predicted molar refractivity (Wildman–Crippen MR) is 234 cm³/mol. The van der Waals surface area contributed by atoms with Crippen molar-refractivity contribution in [1.29, 1.82) is 0 Å². The summed E-state index contributed by atoms with van der Waals surface area (Å²) in [5.41, 5.74) is 23.7. The number of benzene rings is 2. The Hall–Kier alpha value is -6.61. The molecule has 0 saturated carbocycles. The zero-order valence-corrected chi connectivity index (χ0v) is 36.6. The largest absolute Gasteiger partial charge is 0.508 e. The van der Waals surface area contributed by atoms with E-state index in [1.165, 1.54) is 24.3 Å². The summed E-state index contributed by atoms with van der Waals surface area (Å²) in [7, 11) is 0. The summed E-state index contributed by atoms with van der Waals surface area (Å²) in [6, 6.07) is 4.78. The Kier molecular flexibility index (Phi) is 22.4. The molecule has 0 bridgehead atoms. The summed E-state index contributed by atoms with van der Waals surface area (Å²) in [5, 5.41) is 34.6. The molecule has 16 N–H and O–H groups in total. The van der Waals surface area contributed by atoms with Crippen LogP contribution in [0.1, 0.15) is 77.3 Å². The van der Waals surface area contributed by atoms with Gasteiger partial charge in [0.2, 0.25) is 47.3 Å². The second kappa shape index (κ2) is 26.8. The number of phenols is 1. The molecule has 0 unspecified atom stereocenters. The maximum Gasteiger partial charge on any atom is 0.326 e. The molecule has 0 radical (unpaired) electrons. The predicted octanol–water partition coefficient (Wildman–Crippen LogP) is -1.92. The van der Waals surface area contributed by atoms with Crippen LogP contribution in [0.4, 0.5) is 0 Å². The minimum atomic E-state index is -1.61. The van der Waals surface area contributed by atoms with Crippen molar-refractivity contribution < 1.29 is 53.4 Å². The van der Waals surface area contributed by atoms with Gasteiger partial charge in [0.25, 0.3) is 0 Å². The van der Waals surface area contributed by atoms with Gasteiger partial charge in [-0.15, -0.1) is 0 Å². The molecule has 0 saturated heterocycles. The van der Waals surface area contributed by atoms with E-state index >= 15 is 0 Å². The first-order chi connectivity index (χ1) is 30.1. The molecule has 352 valence electrons. The normalized spacial score (nSPS) is 14.4. The molecule has 21 nitrogen and oxygen atoms in total. The summed E-state index contributed by atoms with van der Waals surface area (Å²) in [4.78, 5) is 118. The Morgan fingerprint density at radius 1 is 0.578 bits per heavy atom.